The molecule has 0 heterocycles. The highest BCUT2D eigenvalue weighted by atomic mass is 35.5. The summed E-state index contributed by atoms with van der Waals surface area (Å²) in [5.41, 5.74) is 0.248. The molecule has 21 heavy (non-hydrogen) atoms. The number of hydrogen-bond acceptors (Lipinski definition) is 3. The van der Waals surface area contributed by atoms with Crippen LogP contribution in [-0.4, -0.2) is 23.6 Å². The number of hydrogen-bond donors (Lipinski definition) is 2. The molecule has 0 aromatic heterocycles. The third-order valence-electron chi connectivity index (χ3n) is 2.60. The number of carboxylic acids is 1. The van der Waals surface area contributed by atoms with Crippen LogP contribution in [0.25, 0.3) is 0 Å². The fourth-order valence-corrected chi connectivity index (χ4v) is 1.85. The Morgan fingerprint density at radius 2 is 1.90 bits per heavy atom. The van der Waals surface area contributed by atoms with Gasteiger partial charge in [-0.05, 0) is 30.3 Å². The summed E-state index contributed by atoms with van der Waals surface area (Å²) >= 11 is 5.80. The molecule has 0 unspecified atom stereocenters. The molecule has 2 aromatic rings. The molecule has 0 aliphatic rings. The highest BCUT2D eigenvalue weighted by Crippen LogP contribution is 2.18. The van der Waals surface area contributed by atoms with Gasteiger partial charge in [0.15, 0.2) is 6.61 Å². The van der Waals surface area contributed by atoms with Crippen molar-refractivity contribution in [2.45, 2.75) is 0 Å². The molecule has 2 rings (SSSR count). The maximum Gasteiger partial charge on any atom is 0.337 e. The van der Waals surface area contributed by atoms with Crippen molar-refractivity contribution in [2.24, 2.45) is 0 Å². The predicted octanol–water partition coefficient (Wildman–Crippen LogP) is 3.06. The minimum atomic E-state index is -1.11. The maximum atomic E-state index is 11.8. The molecule has 0 aliphatic heterocycles. The van der Waals surface area contributed by atoms with E-state index in [0.717, 1.165) is 0 Å². The van der Waals surface area contributed by atoms with Crippen molar-refractivity contribution in [3.05, 3.63) is 59.1 Å². The third kappa shape index (κ3) is 4.22. The fraction of sp³-hybridized carbons (Fsp3) is 0.0667. The number of anilines is 1. The quantitative estimate of drug-likeness (QED) is 0.890. The Kier molecular flexibility index (Phi) is 4.79. The lowest BCUT2D eigenvalue weighted by Gasteiger charge is -2.09. The van der Waals surface area contributed by atoms with E-state index in [0.29, 0.717) is 10.8 Å². The van der Waals surface area contributed by atoms with Gasteiger partial charge in [0.1, 0.15) is 5.75 Å². The molecule has 0 saturated carbocycles. The van der Waals surface area contributed by atoms with E-state index < -0.39 is 11.9 Å². The van der Waals surface area contributed by atoms with Gasteiger partial charge < -0.3 is 15.2 Å². The Morgan fingerprint density at radius 3 is 2.62 bits per heavy atom. The topological polar surface area (TPSA) is 75.6 Å². The molecule has 0 atom stereocenters. The molecule has 0 bridgehead atoms. The lowest BCUT2D eigenvalue weighted by molar-refractivity contribution is -0.118. The zero-order chi connectivity index (χ0) is 15.2. The number of amides is 1. The van der Waals surface area contributed by atoms with Crippen LogP contribution < -0.4 is 10.1 Å². The Morgan fingerprint density at radius 1 is 1.14 bits per heavy atom. The second kappa shape index (κ2) is 6.76. The van der Waals surface area contributed by atoms with Crippen LogP contribution in [0.3, 0.4) is 0 Å². The lowest BCUT2D eigenvalue weighted by Crippen LogP contribution is -2.21. The van der Waals surface area contributed by atoms with E-state index in [2.05, 4.69) is 5.32 Å². The Balaban J connectivity index is 1.98. The van der Waals surface area contributed by atoms with Crippen molar-refractivity contribution in [1.29, 1.82) is 0 Å². The van der Waals surface area contributed by atoms with Gasteiger partial charge in [0.05, 0.1) is 11.3 Å². The van der Waals surface area contributed by atoms with Crippen molar-refractivity contribution >= 4 is 29.2 Å². The van der Waals surface area contributed by atoms with Crippen LogP contribution in [0.15, 0.2) is 48.5 Å². The second-order valence-corrected chi connectivity index (χ2v) is 4.58. The molecule has 2 aromatic carbocycles. The molecular weight excluding hydrogens is 294 g/mol. The van der Waals surface area contributed by atoms with E-state index in [9.17, 15) is 9.59 Å². The summed E-state index contributed by atoms with van der Waals surface area (Å²) in [7, 11) is 0. The first kappa shape index (κ1) is 14.9. The van der Waals surface area contributed by atoms with Gasteiger partial charge in [0.2, 0.25) is 0 Å². The molecule has 0 radical (unpaired) electrons. The lowest BCUT2D eigenvalue weighted by atomic mass is 10.2. The molecule has 5 nitrogen and oxygen atoms in total. The Labute approximate surface area is 126 Å². The smallest absolute Gasteiger partial charge is 0.337 e. The van der Waals surface area contributed by atoms with Gasteiger partial charge >= 0.3 is 5.97 Å². The largest absolute Gasteiger partial charge is 0.484 e. The molecule has 0 saturated heterocycles. The first-order valence-electron chi connectivity index (χ1n) is 6.07. The van der Waals surface area contributed by atoms with E-state index in [1.165, 1.54) is 12.1 Å². The maximum absolute atomic E-state index is 11.8. The average Bonchev–Trinajstić information content (AvgIpc) is 2.45. The number of rotatable bonds is 5. The minimum Gasteiger partial charge on any atom is -0.484 e. The summed E-state index contributed by atoms with van der Waals surface area (Å²) in [6.45, 7) is -0.242. The zero-order valence-electron chi connectivity index (χ0n) is 10.9. The van der Waals surface area contributed by atoms with E-state index in [1.54, 1.807) is 36.4 Å². The van der Waals surface area contributed by atoms with Crippen molar-refractivity contribution in [3.63, 3.8) is 0 Å². The Hall–Kier alpha value is -2.53. The highest BCUT2D eigenvalue weighted by molar-refractivity contribution is 6.30. The summed E-state index contributed by atoms with van der Waals surface area (Å²) in [5.74, 6) is -1.10. The zero-order valence-corrected chi connectivity index (χ0v) is 11.6. The van der Waals surface area contributed by atoms with Crippen LogP contribution in [0.1, 0.15) is 10.4 Å². The number of ether oxygens (including phenoxy) is 1. The first-order chi connectivity index (χ1) is 10.1. The predicted molar refractivity (Wildman–Crippen MR) is 79.0 cm³/mol. The standard InChI is InChI=1S/C15H12ClNO4/c16-10-4-3-5-11(8-10)21-9-14(18)17-13-7-2-1-6-12(13)15(19)20/h1-8H,9H2,(H,17,18)(H,19,20). The van der Waals surface area contributed by atoms with Crippen LogP contribution in [0, 0.1) is 0 Å². The summed E-state index contributed by atoms with van der Waals surface area (Å²) in [6, 6.07) is 12.8. The summed E-state index contributed by atoms with van der Waals surface area (Å²) < 4.78 is 5.28. The van der Waals surface area contributed by atoms with Crippen LogP contribution in [-0.2, 0) is 4.79 Å². The number of halogens is 1. The SMILES string of the molecule is O=C(COc1cccc(Cl)c1)Nc1ccccc1C(=O)O. The fourth-order valence-electron chi connectivity index (χ4n) is 1.67. The average molecular weight is 306 g/mol. The number of carbonyl (C=O) groups is 2. The molecular formula is C15H12ClNO4. The van der Waals surface area contributed by atoms with Crippen molar-refractivity contribution in [3.8, 4) is 5.75 Å². The van der Waals surface area contributed by atoms with E-state index >= 15 is 0 Å². The van der Waals surface area contributed by atoms with Gasteiger partial charge in [-0.2, -0.15) is 0 Å². The third-order valence-corrected chi connectivity index (χ3v) is 2.83. The molecule has 6 heteroatoms. The summed E-state index contributed by atoms with van der Waals surface area (Å²) in [6.07, 6.45) is 0. The first-order valence-corrected chi connectivity index (χ1v) is 6.44. The highest BCUT2D eigenvalue weighted by Gasteiger charge is 2.11. The van der Waals surface area contributed by atoms with Crippen molar-refractivity contribution < 1.29 is 19.4 Å². The molecule has 1 amide bonds. The van der Waals surface area contributed by atoms with Crippen molar-refractivity contribution in [2.75, 3.05) is 11.9 Å². The number of nitrogens with one attached hydrogen (secondary N) is 1. The van der Waals surface area contributed by atoms with Crippen LogP contribution in [0.2, 0.25) is 5.02 Å². The molecule has 0 aliphatic carbocycles. The molecule has 2 N–H and O–H groups in total. The number of aromatic carboxylic acids is 1. The van der Waals surface area contributed by atoms with E-state index in [1.807, 2.05) is 0 Å². The van der Waals surface area contributed by atoms with Gasteiger partial charge in [0.25, 0.3) is 5.91 Å². The second-order valence-electron chi connectivity index (χ2n) is 4.14. The summed E-state index contributed by atoms with van der Waals surface area (Å²) in [4.78, 5) is 22.8. The molecule has 0 fully saturated rings. The normalized spacial score (nSPS) is 9.95. The van der Waals surface area contributed by atoms with Crippen LogP contribution >= 0.6 is 11.6 Å². The van der Waals surface area contributed by atoms with Gasteiger partial charge in [-0.15, -0.1) is 0 Å². The summed E-state index contributed by atoms with van der Waals surface area (Å²) in [5, 5.41) is 12.0. The van der Waals surface area contributed by atoms with E-state index in [-0.39, 0.29) is 17.9 Å². The number of benzene rings is 2. The van der Waals surface area contributed by atoms with Gasteiger partial charge in [-0.25, -0.2) is 4.79 Å². The Bertz CT molecular complexity index is 672. The molecule has 108 valence electrons. The van der Waals surface area contributed by atoms with E-state index in [4.69, 9.17) is 21.4 Å². The van der Waals surface area contributed by atoms with Gasteiger partial charge in [-0.1, -0.05) is 29.8 Å². The van der Waals surface area contributed by atoms with Crippen LogP contribution in [0.4, 0.5) is 5.69 Å². The number of carboxylic acid groups (broad SMARTS) is 1. The number of para-hydroxylation sites is 1. The van der Waals surface area contributed by atoms with Gasteiger partial charge in [0, 0.05) is 5.02 Å². The number of carbonyl (C=O) groups excluding carboxylic acids is 1. The molecule has 0 spiro atoms. The monoisotopic (exact) mass is 305 g/mol. The van der Waals surface area contributed by atoms with Crippen LogP contribution in [0.5, 0.6) is 5.75 Å². The van der Waals surface area contributed by atoms with Crippen molar-refractivity contribution in [1.82, 2.24) is 0 Å². The minimum absolute atomic E-state index is 0.0219. The van der Waals surface area contributed by atoms with Gasteiger partial charge in [-0.3, -0.25) is 4.79 Å².